The largest absolute Gasteiger partial charge is 0.382 e. The fraction of sp³-hybridized carbons (Fsp3) is 0.571. The van der Waals surface area contributed by atoms with Crippen molar-refractivity contribution in [3.63, 3.8) is 0 Å². The minimum atomic E-state index is 0.440. The molecule has 0 bridgehead atoms. The Morgan fingerprint density at radius 3 is 2.81 bits per heavy atom. The second-order valence-corrected chi connectivity index (χ2v) is 4.68. The molecule has 0 aliphatic heterocycles. The number of hydrogen-bond acceptors (Lipinski definition) is 2. The Balaban J connectivity index is 1.97. The van der Waals surface area contributed by atoms with E-state index < -0.39 is 0 Å². The molecule has 0 heterocycles. The summed E-state index contributed by atoms with van der Waals surface area (Å²) in [5, 5.41) is 3.63. The standard InChI is InChI=1S/C14H21NO/c1-11-6-3-4-9-14(11)15-12-7-5-8-13(10-12)16-2/h3-4,6,9,12-13,15H,5,7-8,10H2,1-2H3. The van der Waals surface area contributed by atoms with Gasteiger partial charge in [-0.1, -0.05) is 18.2 Å². The summed E-state index contributed by atoms with van der Waals surface area (Å²) in [6.45, 7) is 2.15. The second kappa shape index (κ2) is 5.35. The normalized spacial score (nSPS) is 25.4. The van der Waals surface area contributed by atoms with Gasteiger partial charge in [0.2, 0.25) is 0 Å². The SMILES string of the molecule is COC1CCCC(Nc2ccccc2C)C1. The fourth-order valence-electron chi connectivity index (χ4n) is 2.44. The van der Waals surface area contributed by atoms with Crippen LogP contribution in [0.5, 0.6) is 0 Å². The lowest BCUT2D eigenvalue weighted by Crippen LogP contribution is -2.31. The molecule has 0 amide bonds. The number of nitrogens with one attached hydrogen (secondary N) is 1. The molecular formula is C14H21NO. The van der Waals surface area contributed by atoms with Gasteiger partial charge in [-0.25, -0.2) is 0 Å². The molecule has 0 spiro atoms. The van der Waals surface area contributed by atoms with Crippen LogP contribution in [0.4, 0.5) is 5.69 Å². The molecule has 1 aromatic rings. The van der Waals surface area contributed by atoms with E-state index in [0.29, 0.717) is 12.1 Å². The van der Waals surface area contributed by atoms with E-state index in [1.54, 1.807) is 0 Å². The molecule has 88 valence electrons. The molecule has 2 heteroatoms. The summed E-state index contributed by atoms with van der Waals surface area (Å²) in [5.41, 5.74) is 2.59. The van der Waals surface area contributed by atoms with Crippen LogP contribution in [0, 0.1) is 6.92 Å². The third-order valence-electron chi connectivity index (χ3n) is 3.46. The highest BCUT2D eigenvalue weighted by atomic mass is 16.5. The molecule has 1 saturated carbocycles. The summed E-state index contributed by atoms with van der Waals surface area (Å²) in [6, 6.07) is 9.05. The van der Waals surface area contributed by atoms with Crippen LogP contribution in [-0.2, 0) is 4.74 Å². The summed E-state index contributed by atoms with van der Waals surface area (Å²) < 4.78 is 5.45. The summed E-state index contributed by atoms with van der Waals surface area (Å²) in [4.78, 5) is 0. The Kier molecular flexibility index (Phi) is 3.83. The number of rotatable bonds is 3. The summed E-state index contributed by atoms with van der Waals surface area (Å²) in [5.74, 6) is 0. The van der Waals surface area contributed by atoms with Crippen LogP contribution < -0.4 is 5.32 Å². The maximum Gasteiger partial charge on any atom is 0.0590 e. The summed E-state index contributed by atoms with van der Waals surface area (Å²) >= 11 is 0. The van der Waals surface area contributed by atoms with Crippen LogP contribution in [0.25, 0.3) is 0 Å². The molecule has 0 radical (unpaired) electrons. The lowest BCUT2D eigenvalue weighted by molar-refractivity contribution is 0.0669. The summed E-state index contributed by atoms with van der Waals surface area (Å²) in [7, 11) is 1.82. The number of anilines is 1. The number of methoxy groups -OCH3 is 1. The van der Waals surface area contributed by atoms with E-state index >= 15 is 0 Å². The Morgan fingerprint density at radius 1 is 1.25 bits per heavy atom. The van der Waals surface area contributed by atoms with Gasteiger partial charge in [0.1, 0.15) is 0 Å². The minimum absolute atomic E-state index is 0.440. The van der Waals surface area contributed by atoms with Crippen LogP contribution in [0.1, 0.15) is 31.2 Å². The molecular weight excluding hydrogens is 198 g/mol. The number of aryl methyl sites for hydroxylation is 1. The molecule has 2 atom stereocenters. The van der Waals surface area contributed by atoms with Gasteiger partial charge in [-0.15, -0.1) is 0 Å². The van der Waals surface area contributed by atoms with E-state index in [4.69, 9.17) is 4.74 Å². The Morgan fingerprint density at radius 2 is 2.06 bits per heavy atom. The van der Waals surface area contributed by atoms with Gasteiger partial charge in [0.05, 0.1) is 6.10 Å². The van der Waals surface area contributed by atoms with Crippen LogP contribution in [0.3, 0.4) is 0 Å². The summed E-state index contributed by atoms with van der Waals surface area (Å²) in [6.07, 6.45) is 5.30. The van der Waals surface area contributed by atoms with Crippen LogP contribution >= 0.6 is 0 Å². The van der Waals surface area contributed by atoms with Gasteiger partial charge < -0.3 is 10.1 Å². The zero-order valence-electron chi connectivity index (χ0n) is 10.2. The third kappa shape index (κ3) is 2.76. The second-order valence-electron chi connectivity index (χ2n) is 4.68. The molecule has 2 nitrogen and oxygen atoms in total. The number of benzene rings is 1. The quantitative estimate of drug-likeness (QED) is 0.841. The zero-order chi connectivity index (χ0) is 11.4. The molecule has 0 aromatic heterocycles. The average molecular weight is 219 g/mol. The van der Waals surface area contributed by atoms with E-state index in [-0.39, 0.29) is 0 Å². The maximum absolute atomic E-state index is 5.45. The number of ether oxygens (including phenoxy) is 1. The van der Waals surface area contributed by atoms with Crippen molar-refractivity contribution in [2.24, 2.45) is 0 Å². The highest BCUT2D eigenvalue weighted by Crippen LogP contribution is 2.25. The van der Waals surface area contributed by atoms with Crippen LogP contribution in [0.15, 0.2) is 24.3 Å². The Labute approximate surface area is 98.0 Å². The highest BCUT2D eigenvalue weighted by Gasteiger charge is 2.21. The first-order valence-electron chi connectivity index (χ1n) is 6.14. The zero-order valence-corrected chi connectivity index (χ0v) is 10.2. The van der Waals surface area contributed by atoms with E-state index in [9.17, 15) is 0 Å². The third-order valence-corrected chi connectivity index (χ3v) is 3.46. The maximum atomic E-state index is 5.45. The lowest BCUT2D eigenvalue weighted by Gasteiger charge is -2.30. The van der Waals surface area contributed by atoms with E-state index in [1.165, 1.54) is 30.5 Å². The van der Waals surface area contributed by atoms with Crippen molar-refractivity contribution in [3.05, 3.63) is 29.8 Å². The van der Waals surface area contributed by atoms with E-state index in [2.05, 4.69) is 36.5 Å². The molecule has 16 heavy (non-hydrogen) atoms. The minimum Gasteiger partial charge on any atom is -0.382 e. The van der Waals surface area contributed by atoms with Crippen molar-refractivity contribution in [2.45, 2.75) is 44.8 Å². The molecule has 1 aliphatic rings. The average Bonchev–Trinajstić information content (AvgIpc) is 2.32. The van der Waals surface area contributed by atoms with Crippen LogP contribution in [-0.4, -0.2) is 19.3 Å². The van der Waals surface area contributed by atoms with Gasteiger partial charge in [0.15, 0.2) is 0 Å². The predicted octanol–water partition coefficient (Wildman–Crippen LogP) is 3.36. The van der Waals surface area contributed by atoms with E-state index in [0.717, 1.165) is 6.42 Å². The molecule has 1 aromatic carbocycles. The van der Waals surface area contributed by atoms with Gasteiger partial charge in [-0.2, -0.15) is 0 Å². The molecule has 0 saturated heterocycles. The van der Waals surface area contributed by atoms with Crippen molar-refractivity contribution < 1.29 is 4.74 Å². The van der Waals surface area contributed by atoms with Crippen molar-refractivity contribution in [3.8, 4) is 0 Å². The topological polar surface area (TPSA) is 21.3 Å². The smallest absolute Gasteiger partial charge is 0.0590 e. The molecule has 1 aliphatic carbocycles. The first-order valence-corrected chi connectivity index (χ1v) is 6.14. The van der Waals surface area contributed by atoms with Crippen molar-refractivity contribution in [1.29, 1.82) is 0 Å². The van der Waals surface area contributed by atoms with Gasteiger partial charge in [-0.3, -0.25) is 0 Å². The van der Waals surface area contributed by atoms with Crippen LogP contribution in [0.2, 0.25) is 0 Å². The van der Waals surface area contributed by atoms with Crippen molar-refractivity contribution in [2.75, 3.05) is 12.4 Å². The molecule has 1 fully saturated rings. The van der Waals surface area contributed by atoms with E-state index in [1.807, 2.05) is 7.11 Å². The molecule has 2 rings (SSSR count). The van der Waals surface area contributed by atoms with Crippen molar-refractivity contribution >= 4 is 5.69 Å². The van der Waals surface area contributed by atoms with Gasteiger partial charge in [0, 0.05) is 18.8 Å². The van der Waals surface area contributed by atoms with Gasteiger partial charge >= 0.3 is 0 Å². The predicted molar refractivity (Wildman–Crippen MR) is 67.9 cm³/mol. The lowest BCUT2D eigenvalue weighted by atomic mass is 9.92. The number of para-hydroxylation sites is 1. The number of hydrogen-bond donors (Lipinski definition) is 1. The monoisotopic (exact) mass is 219 g/mol. The van der Waals surface area contributed by atoms with Gasteiger partial charge in [-0.05, 0) is 44.2 Å². The van der Waals surface area contributed by atoms with Gasteiger partial charge in [0.25, 0.3) is 0 Å². The fourth-order valence-corrected chi connectivity index (χ4v) is 2.44. The van der Waals surface area contributed by atoms with Crippen molar-refractivity contribution in [1.82, 2.24) is 0 Å². The first-order chi connectivity index (χ1) is 7.79. The first kappa shape index (κ1) is 11.5. The Bertz CT molecular complexity index is 337. The highest BCUT2D eigenvalue weighted by molar-refractivity contribution is 5.50. The molecule has 1 N–H and O–H groups in total. The molecule has 2 unspecified atom stereocenters. The Hall–Kier alpha value is -1.02.